The Morgan fingerprint density at radius 1 is 1.33 bits per heavy atom. The first kappa shape index (κ1) is 11.3. The van der Waals surface area contributed by atoms with Crippen LogP contribution in [0, 0.1) is 11.3 Å². The summed E-state index contributed by atoms with van der Waals surface area (Å²) in [7, 11) is 0. The van der Waals surface area contributed by atoms with Gasteiger partial charge in [0.25, 0.3) is 0 Å². The lowest BCUT2D eigenvalue weighted by Crippen LogP contribution is -2.47. The van der Waals surface area contributed by atoms with Crippen LogP contribution in [-0.2, 0) is 11.2 Å². The van der Waals surface area contributed by atoms with Crippen LogP contribution in [0.5, 0.6) is 0 Å². The highest BCUT2D eigenvalue weighted by molar-refractivity contribution is 5.87. The number of carbonyl (C=O) groups is 1. The van der Waals surface area contributed by atoms with E-state index in [-0.39, 0.29) is 17.9 Å². The predicted molar refractivity (Wildman–Crippen MR) is 67.9 cm³/mol. The average molecular weight is 240 g/mol. The van der Waals surface area contributed by atoms with Crippen LogP contribution < -0.4 is 0 Å². The maximum atomic E-state index is 12.5. The molecule has 3 rings (SSSR count). The Morgan fingerprint density at radius 3 is 2.94 bits per heavy atom. The van der Waals surface area contributed by atoms with E-state index in [9.17, 15) is 4.79 Å². The highest BCUT2D eigenvalue weighted by Crippen LogP contribution is 2.37. The van der Waals surface area contributed by atoms with Crippen LogP contribution in [0.2, 0.25) is 0 Å². The second kappa shape index (κ2) is 4.45. The largest absolute Gasteiger partial charge is 0.326 e. The SMILES string of the molecule is N#CC1CCCCN1C(=O)C1Cc2ccccc21. The third kappa shape index (κ3) is 1.69. The summed E-state index contributed by atoms with van der Waals surface area (Å²) in [4.78, 5) is 14.3. The lowest BCUT2D eigenvalue weighted by molar-refractivity contribution is -0.135. The fraction of sp³-hybridized carbons (Fsp3) is 0.467. The molecule has 1 aromatic rings. The number of piperidine rings is 1. The van der Waals surface area contributed by atoms with Crippen LogP contribution in [0.4, 0.5) is 0 Å². The van der Waals surface area contributed by atoms with Crippen molar-refractivity contribution in [2.75, 3.05) is 6.54 Å². The van der Waals surface area contributed by atoms with Crippen LogP contribution in [0.25, 0.3) is 0 Å². The monoisotopic (exact) mass is 240 g/mol. The number of fused-ring (bicyclic) bond motifs is 1. The van der Waals surface area contributed by atoms with Crippen LogP contribution in [0.1, 0.15) is 36.3 Å². The van der Waals surface area contributed by atoms with Gasteiger partial charge in [0.1, 0.15) is 6.04 Å². The molecule has 0 N–H and O–H groups in total. The number of amides is 1. The maximum absolute atomic E-state index is 12.5. The van der Waals surface area contributed by atoms with Gasteiger partial charge in [-0.25, -0.2) is 0 Å². The lowest BCUT2D eigenvalue weighted by atomic mass is 9.76. The summed E-state index contributed by atoms with van der Waals surface area (Å²) in [6, 6.07) is 10.2. The van der Waals surface area contributed by atoms with Gasteiger partial charge in [-0.05, 0) is 36.8 Å². The van der Waals surface area contributed by atoms with Crippen molar-refractivity contribution >= 4 is 5.91 Å². The molecule has 0 spiro atoms. The number of hydrogen-bond acceptors (Lipinski definition) is 2. The van der Waals surface area contributed by atoms with Crippen LogP contribution >= 0.6 is 0 Å². The molecule has 92 valence electrons. The molecule has 18 heavy (non-hydrogen) atoms. The fourth-order valence-corrected chi connectivity index (χ4v) is 3.01. The molecule has 0 bridgehead atoms. The first-order valence-corrected chi connectivity index (χ1v) is 6.59. The zero-order chi connectivity index (χ0) is 12.5. The zero-order valence-corrected chi connectivity index (χ0v) is 10.3. The summed E-state index contributed by atoms with van der Waals surface area (Å²) >= 11 is 0. The Kier molecular flexibility index (Phi) is 2.79. The molecule has 1 aliphatic carbocycles. The summed E-state index contributed by atoms with van der Waals surface area (Å²) in [5.74, 6) is 0.148. The number of rotatable bonds is 1. The van der Waals surface area contributed by atoms with Crippen molar-refractivity contribution in [2.24, 2.45) is 0 Å². The van der Waals surface area contributed by atoms with E-state index < -0.39 is 0 Å². The van der Waals surface area contributed by atoms with Gasteiger partial charge in [-0.1, -0.05) is 24.3 Å². The Bertz CT molecular complexity index is 517. The van der Waals surface area contributed by atoms with Crippen molar-refractivity contribution in [3.8, 4) is 6.07 Å². The van der Waals surface area contributed by atoms with E-state index in [0.717, 1.165) is 37.8 Å². The Hall–Kier alpha value is -1.82. The molecule has 3 nitrogen and oxygen atoms in total. The third-order valence-electron chi connectivity index (χ3n) is 4.09. The molecule has 0 saturated carbocycles. The number of benzene rings is 1. The number of hydrogen-bond donors (Lipinski definition) is 0. The zero-order valence-electron chi connectivity index (χ0n) is 10.3. The van der Waals surface area contributed by atoms with Crippen molar-refractivity contribution in [3.63, 3.8) is 0 Å². The highest BCUT2D eigenvalue weighted by Gasteiger charge is 2.37. The maximum Gasteiger partial charge on any atom is 0.231 e. The molecule has 1 aliphatic heterocycles. The first-order valence-electron chi connectivity index (χ1n) is 6.59. The van der Waals surface area contributed by atoms with Crippen LogP contribution in [0.15, 0.2) is 24.3 Å². The van der Waals surface area contributed by atoms with Crippen molar-refractivity contribution in [1.29, 1.82) is 5.26 Å². The van der Waals surface area contributed by atoms with Gasteiger partial charge in [-0.15, -0.1) is 0 Å². The van der Waals surface area contributed by atoms with Crippen LogP contribution in [0.3, 0.4) is 0 Å². The van der Waals surface area contributed by atoms with Crippen LogP contribution in [-0.4, -0.2) is 23.4 Å². The Morgan fingerprint density at radius 2 is 2.17 bits per heavy atom. The van der Waals surface area contributed by atoms with Gasteiger partial charge in [0.2, 0.25) is 5.91 Å². The van der Waals surface area contributed by atoms with E-state index in [0.29, 0.717) is 0 Å². The molecule has 0 radical (unpaired) electrons. The van der Waals surface area contributed by atoms with Gasteiger partial charge in [0, 0.05) is 6.54 Å². The van der Waals surface area contributed by atoms with Gasteiger partial charge in [0.15, 0.2) is 0 Å². The number of nitrogens with zero attached hydrogens (tertiary/aromatic N) is 2. The molecule has 1 aromatic carbocycles. The summed E-state index contributed by atoms with van der Waals surface area (Å²) in [6.07, 6.45) is 3.75. The average Bonchev–Trinajstić information content (AvgIpc) is 2.40. The van der Waals surface area contributed by atoms with Gasteiger partial charge in [-0.3, -0.25) is 4.79 Å². The molecule has 3 heteroatoms. The molecule has 2 aliphatic rings. The molecule has 1 heterocycles. The molecular formula is C15H16N2O. The quantitative estimate of drug-likeness (QED) is 0.755. The molecule has 1 amide bonds. The summed E-state index contributed by atoms with van der Waals surface area (Å²) in [5, 5.41) is 9.13. The molecule has 2 unspecified atom stereocenters. The van der Waals surface area contributed by atoms with Gasteiger partial charge in [0.05, 0.1) is 12.0 Å². The smallest absolute Gasteiger partial charge is 0.231 e. The molecule has 1 fully saturated rings. The van der Waals surface area contributed by atoms with Gasteiger partial charge < -0.3 is 4.90 Å². The summed E-state index contributed by atoms with van der Waals surface area (Å²) < 4.78 is 0. The van der Waals surface area contributed by atoms with Crippen molar-refractivity contribution in [1.82, 2.24) is 4.90 Å². The van der Waals surface area contributed by atoms with E-state index in [1.54, 1.807) is 4.90 Å². The Labute approximate surface area is 107 Å². The number of nitriles is 1. The van der Waals surface area contributed by atoms with Crippen molar-refractivity contribution in [2.45, 2.75) is 37.6 Å². The number of carbonyl (C=O) groups excluding carboxylic acids is 1. The molecule has 1 saturated heterocycles. The standard InChI is InChI=1S/C15H16N2O/c16-10-12-6-3-4-8-17(12)15(18)14-9-11-5-1-2-7-13(11)14/h1-2,5,7,12,14H,3-4,6,8-9H2. The second-order valence-electron chi connectivity index (χ2n) is 5.13. The van der Waals surface area contributed by atoms with E-state index in [1.165, 1.54) is 5.56 Å². The molecule has 2 atom stereocenters. The predicted octanol–water partition coefficient (Wildman–Crippen LogP) is 2.23. The molecular weight excluding hydrogens is 224 g/mol. The van der Waals surface area contributed by atoms with E-state index in [2.05, 4.69) is 12.1 Å². The van der Waals surface area contributed by atoms with Gasteiger partial charge >= 0.3 is 0 Å². The topological polar surface area (TPSA) is 44.1 Å². The van der Waals surface area contributed by atoms with E-state index >= 15 is 0 Å². The van der Waals surface area contributed by atoms with E-state index in [4.69, 9.17) is 5.26 Å². The lowest BCUT2D eigenvalue weighted by Gasteiger charge is -2.38. The summed E-state index contributed by atoms with van der Waals surface area (Å²) in [6.45, 7) is 0.746. The van der Waals surface area contributed by atoms with Gasteiger partial charge in [-0.2, -0.15) is 5.26 Å². The minimum atomic E-state index is -0.209. The Balaban J connectivity index is 1.78. The molecule has 0 aromatic heterocycles. The first-order chi connectivity index (χ1) is 8.81. The van der Waals surface area contributed by atoms with Crippen molar-refractivity contribution < 1.29 is 4.79 Å². The normalized spacial score (nSPS) is 25.8. The minimum absolute atomic E-state index is 0.00449. The third-order valence-corrected chi connectivity index (χ3v) is 4.09. The summed E-state index contributed by atoms with van der Waals surface area (Å²) in [5.41, 5.74) is 2.44. The second-order valence-corrected chi connectivity index (χ2v) is 5.13. The van der Waals surface area contributed by atoms with E-state index in [1.807, 2.05) is 18.2 Å². The highest BCUT2D eigenvalue weighted by atomic mass is 16.2. The fourth-order valence-electron chi connectivity index (χ4n) is 3.01. The number of likely N-dealkylation sites (tertiary alicyclic amines) is 1. The minimum Gasteiger partial charge on any atom is -0.326 e. The van der Waals surface area contributed by atoms with Crippen molar-refractivity contribution in [3.05, 3.63) is 35.4 Å².